The number of thioether (sulfide) groups is 1. The standard InChI is InChI=1S/C20H28N2O3S/c1-15-5-2-3-7-18(15)26-14-19(23)21-11-8-17(9-12-21)22-10-4-6-16(13-22)20(24)25/h2-3,5,7,16-17H,4,6,8-14H2,1H3,(H,24,25)/t16-/m1/s1. The molecule has 6 heteroatoms. The lowest BCUT2D eigenvalue weighted by molar-refractivity contribution is -0.144. The van der Waals surface area contributed by atoms with Crippen molar-refractivity contribution < 1.29 is 14.7 Å². The summed E-state index contributed by atoms with van der Waals surface area (Å²) in [4.78, 5) is 29.3. The number of carbonyl (C=O) groups is 2. The molecule has 0 aromatic heterocycles. The third kappa shape index (κ3) is 4.80. The topological polar surface area (TPSA) is 60.9 Å². The fourth-order valence-corrected chi connectivity index (χ4v) is 4.90. The summed E-state index contributed by atoms with van der Waals surface area (Å²) in [7, 11) is 0. The number of piperidine rings is 2. The van der Waals surface area contributed by atoms with Crippen molar-refractivity contribution in [3.63, 3.8) is 0 Å². The van der Waals surface area contributed by atoms with Crippen LogP contribution in [0, 0.1) is 12.8 Å². The number of hydrogen-bond donors (Lipinski definition) is 1. The number of carbonyl (C=O) groups excluding carboxylic acids is 1. The molecule has 2 aliphatic heterocycles. The minimum absolute atomic E-state index is 0.207. The first-order chi connectivity index (χ1) is 12.5. The number of hydrogen-bond acceptors (Lipinski definition) is 4. The molecule has 1 amide bonds. The largest absolute Gasteiger partial charge is 0.481 e. The van der Waals surface area contributed by atoms with Gasteiger partial charge in [-0.2, -0.15) is 0 Å². The number of likely N-dealkylation sites (tertiary alicyclic amines) is 2. The van der Waals surface area contributed by atoms with Crippen molar-refractivity contribution in [2.45, 2.75) is 43.5 Å². The Hall–Kier alpha value is -1.53. The molecule has 0 saturated carbocycles. The van der Waals surface area contributed by atoms with Gasteiger partial charge < -0.3 is 10.0 Å². The van der Waals surface area contributed by atoms with Gasteiger partial charge in [-0.15, -0.1) is 11.8 Å². The number of amides is 1. The monoisotopic (exact) mass is 376 g/mol. The molecule has 2 heterocycles. The van der Waals surface area contributed by atoms with Crippen LogP contribution in [0.25, 0.3) is 0 Å². The van der Waals surface area contributed by atoms with E-state index in [1.54, 1.807) is 11.8 Å². The van der Waals surface area contributed by atoms with Gasteiger partial charge >= 0.3 is 5.97 Å². The summed E-state index contributed by atoms with van der Waals surface area (Å²) >= 11 is 1.61. The molecule has 1 N–H and O–H groups in total. The Labute approximate surface area is 159 Å². The van der Waals surface area contributed by atoms with Crippen LogP contribution in [-0.4, -0.2) is 64.8 Å². The zero-order valence-electron chi connectivity index (χ0n) is 15.4. The van der Waals surface area contributed by atoms with Crippen LogP contribution in [0.4, 0.5) is 0 Å². The second-order valence-corrected chi connectivity index (χ2v) is 8.36. The smallest absolute Gasteiger partial charge is 0.307 e. The molecule has 1 atom stereocenters. The highest BCUT2D eigenvalue weighted by Gasteiger charge is 2.32. The van der Waals surface area contributed by atoms with Crippen molar-refractivity contribution in [3.8, 4) is 0 Å². The number of nitrogens with zero attached hydrogens (tertiary/aromatic N) is 2. The minimum atomic E-state index is -0.671. The predicted octanol–water partition coefficient (Wildman–Crippen LogP) is 2.87. The summed E-state index contributed by atoms with van der Waals surface area (Å²) in [5.74, 6) is -0.205. The number of rotatable bonds is 5. The second kappa shape index (κ2) is 8.91. The molecular formula is C20H28N2O3S. The van der Waals surface area contributed by atoms with E-state index >= 15 is 0 Å². The molecule has 2 fully saturated rings. The number of aryl methyl sites for hydroxylation is 1. The minimum Gasteiger partial charge on any atom is -0.481 e. The highest BCUT2D eigenvalue weighted by atomic mass is 32.2. The first-order valence-corrected chi connectivity index (χ1v) is 10.5. The van der Waals surface area contributed by atoms with Crippen LogP contribution in [-0.2, 0) is 9.59 Å². The Kier molecular flexibility index (Phi) is 6.59. The van der Waals surface area contributed by atoms with Gasteiger partial charge in [0.05, 0.1) is 11.7 Å². The summed E-state index contributed by atoms with van der Waals surface area (Å²) in [5.41, 5.74) is 1.21. The van der Waals surface area contributed by atoms with Crippen LogP contribution in [0.1, 0.15) is 31.2 Å². The first-order valence-electron chi connectivity index (χ1n) is 9.47. The van der Waals surface area contributed by atoms with Gasteiger partial charge in [-0.1, -0.05) is 18.2 Å². The SMILES string of the molecule is Cc1ccccc1SCC(=O)N1CCC(N2CCC[C@@H](C(=O)O)C2)CC1. The van der Waals surface area contributed by atoms with E-state index in [2.05, 4.69) is 24.0 Å². The summed E-state index contributed by atoms with van der Waals surface area (Å²) < 4.78 is 0. The van der Waals surface area contributed by atoms with Crippen molar-refractivity contribution in [2.24, 2.45) is 5.92 Å². The molecule has 3 rings (SSSR count). The van der Waals surface area contributed by atoms with Crippen LogP contribution in [0.2, 0.25) is 0 Å². The van der Waals surface area contributed by atoms with Gasteiger partial charge in [0.2, 0.25) is 5.91 Å². The maximum absolute atomic E-state index is 12.5. The van der Waals surface area contributed by atoms with E-state index in [4.69, 9.17) is 0 Å². The molecule has 142 valence electrons. The normalized spacial score (nSPS) is 22.3. The average molecular weight is 377 g/mol. The van der Waals surface area contributed by atoms with Gasteiger partial charge in [0.1, 0.15) is 0 Å². The number of benzene rings is 1. The molecule has 2 saturated heterocycles. The summed E-state index contributed by atoms with van der Waals surface area (Å²) in [6, 6.07) is 8.58. The Morgan fingerprint density at radius 3 is 2.58 bits per heavy atom. The quantitative estimate of drug-likeness (QED) is 0.801. The molecule has 1 aromatic carbocycles. The number of carboxylic acid groups (broad SMARTS) is 1. The maximum Gasteiger partial charge on any atom is 0.307 e. The fourth-order valence-electron chi connectivity index (χ4n) is 3.97. The predicted molar refractivity (Wildman–Crippen MR) is 103 cm³/mol. The van der Waals surface area contributed by atoms with Crippen LogP contribution in [0.5, 0.6) is 0 Å². The van der Waals surface area contributed by atoms with Crippen LogP contribution in [0.3, 0.4) is 0 Å². The van der Waals surface area contributed by atoms with Crippen molar-refractivity contribution >= 4 is 23.6 Å². The number of carboxylic acids is 1. The third-order valence-corrected chi connectivity index (χ3v) is 6.74. The molecule has 5 nitrogen and oxygen atoms in total. The van der Waals surface area contributed by atoms with Crippen LogP contribution in [0.15, 0.2) is 29.2 Å². The highest BCUT2D eigenvalue weighted by molar-refractivity contribution is 8.00. The molecule has 1 aromatic rings. The van der Waals surface area contributed by atoms with Gasteiger partial charge in [0, 0.05) is 30.6 Å². The molecule has 26 heavy (non-hydrogen) atoms. The second-order valence-electron chi connectivity index (χ2n) is 7.34. The van der Waals surface area contributed by atoms with Gasteiger partial charge in [0.15, 0.2) is 0 Å². The van der Waals surface area contributed by atoms with Crippen molar-refractivity contribution in [1.29, 1.82) is 0 Å². The van der Waals surface area contributed by atoms with E-state index in [0.717, 1.165) is 45.3 Å². The van der Waals surface area contributed by atoms with E-state index in [-0.39, 0.29) is 11.8 Å². The highest BCUT2D eigenvalue weighted by Crippen LogP contribution is 2.26. The first kappa shape index (κ1) is 19.2. The fraction of sp³-hybridized carbons (Fsp3) is 0.600. The van der Waals surface area contributed by atoms with Crippen LogP contribution >= 0.6 is 11.8 Å². The Bertz CT molecular complexity index is 644. The molecular weight excluding hydrogens is 348 g/mol. The van der Waals surface area contributed by atoms with Gasteiger partial charge in [-0.05, 0) is 50.8 Å². The lowest BCUT2D eigenvalue weighted by atomic mass is 9.94. The number of aliphatic carboxylic acids is 1. The summed E-state index contributed by atoms with van der Waals surface area (Å²) in [6.45, 7) is 5.29. The molecule has 0 radical (unpaired) electrons. The lowest BCUT2D eigenvalue weighted by Crippen LogP contribution is -2.50. The van der Waals surface area contributed by atoms with Crippen molar-refractivity contribution in [2.75, 3.05) is 31.9 Å². The molecule has 2 aliphatic rings. The lowest BCUT2D eigenvalue weighted by Gasteiger charge is -2.41. The molecule has 0 unspecified atom stereocenters. The zero-order valence-corrected chi connectivity index (χ0v) is 16.2. The summed E-state index contributed by atoms with van der Waals surface area (Å²) in [5, 5.41) is 9.26. The summed E-state index contributed by atoms with van der Waals surface area (Å²) in [6.07, 6.45) is 3.66. The maximum atomic E-state index is 12.5. The van der Waals surface area contributed by atoms with E-state index < -0.39 is 5.97 Å². The Morgan fingerprint density at radius 1 is 1.15 bits per heavy atom. The Morgan fingerprint density at radius 2 is 1.88 bits per heavy atom. The van der Waals surface area contributed by atoms with Gasteiger partial charge in [-0.25, -0.2) is 0 Å². The molecule has 0 bridgehead atoms. The van der Waals surface area contributed by atoms with Gasteiger partial charge in [0.25, 0.3) is 0 Å². The van der Waals surface area contributed by atoms with E-state index in [9.17, 15) is 14.7 Å². The van der Waals surface area contributed by atoms with E-state index in [0.29, 0.717) is 18.3 Å². The van der Waals surface area contributed by atoms with E-state index in [1.807, 2.05) is 17.0 Å². The molecule has 0 spiro atoms. The molecule has 0 aliphatic carbocycles. The Balaban J connectivity index is 1.45. The van der Waals surface area contributed by atoms with Crippen LogP contribution < -0.4 is 0 Å². The van der Waals surface area contributed by atoms with Crippen molar-refractivity contribution in [3.05, 3.63) is 29.8 Å². The third-order valence-electron chi connectivity index (χ3n) is 5.58. The van der Waals surface area contributed by atoms with Crippen molar-refractivity contribution in [1.82, 2.24) is 9.80 Å². The van der Waals surface area contributed by atoms with Gasteiger partial charge in [-0.3, -0.25) is 14.5 Å². The average Bonchev–Trinajstić information content (AvgIpc) is 2.67. The van der Waals surface area contributed by atoms with E-state index in [1.165, 1.54) is 10.5 Å². The zero-order chi connectivity index (χ0) is 18.5.